The van der Waals surface area contributed by atoms with Crippen molar-refractivity contribution in [3.8, 4) is 0 Å². The highest BCUT2D eigenvalue weighted by Gasteiger charge is 2.31. The number of nitrogens with zero attached hydrogens (tertiary/aromatic N) is 2. The van der Waals surface area contributed by atoms with Crippen LogP contribution in [0.15, 0.2) is 35.7 Å². The van der Waals surface area contributed by atoms with Crippen LogP contribution in [-0.2, 0) is 15.8 Å². The first kappa shape index (κ1) is 23.0. The molecule has 1 aromatic carbocycles. The average Bonchev–Trinajstić information content (AvgIpc) is 3.16. The number of aromatic nitrogens is 1. The molecule has 0 unspecified atom stereocenters. The molecule has 1 fully saturated rings. The minimum absolute atomic E-state index is 0.0801. The van der Waals surface area contributed by atoms with Crippen molar-refractivity contribution in [2.24, 2.45) is 5.92 Å². The van der Waals surface area contributed by atoms with Gasteiger partial charge in [0.1, 0.15) is 0 Å². The number of amides is 2. The number of alkyl halides is 3. The molecule has 0 atom stereocenters. The molecule has 31 heavy (non-hydrogen) atoms. The summed E-state index contributed by atoms with van der Waals surface area (Å²) in [4.78, 5) is 29.8. The van der Waals surface area contributed by atoms with Crippen LogP contribution in [0.1, 0.15) is 50.8 Å². The Morgan fingerprint density at radius 1 is 1.23 bits per heavy atom. The Labute approximate surface area is 183 Å². The van der Waals surface area contributed by atoms with Crippen LogP contribution in [0.2, 0.25) is 0 Å². The molecule has 3 rings (SSSR count). The Balaban J connectivity index is 1.71. The third kappa shape index (κ3) is 6.16. The molecular formula is C22H24F3N3O2S. The van der Waals surface area contributed by atoms with Gasteiger partial charge >= 0.3 is 6.18 Å². The number of benzene rings is 1. The summed E-state index contributed by atoms with van der Waals surface area (Å²) in [7, 11) is 0. The van der Waals surface area contributed by atoms with Gasteiger partial charge in [-0.1, -0.05) is 13.0 Å². The Hall–Kier alpha value is -2.68. The summed E-state index contributed by atoms with van der Waals surface area (Å²) in [5.41, 5.74) is -0.316. The highest BCUT2D eigenvalue weighted by atomic mass is 32.1. The molecule has 0 saturated heterocycles. The number of anilines is 2. The zero-order chi connectivity index (χ0) is 22.6. The van der Waals surface area contributed by atoms with E-state index in [9.17, 15) is 22.8 Å². The number of halogens is 3. The molecule has 0 radical (unpaired) electrons. The summed E-state index contributed by atoms with van der Waals surface area (Å²) in [5.74, 6) is 0.0158. The SMILES string of the molecule is CC(=O)N(c1cccc(C(F)(F)F)c1)c1nc(/C=C/C(=O)NC2CCC(C)CC2)cs1. The fourth-order valence-electron chi connectivity index (χ4n) is 3.52. The number of hydrogen-bond acceptors (Lipinski definition) is 4. The number of nitrogens with one attached hydrogen (secondary N) is 1. The number of thiazole rings is 1. The van der Waals surface area contributed by atoms with Gasteiger partial charge in [0.25, 0.3) is 0 Å². The van der Waals surface area contributed by atoms with Crippen molar-refractivity contribution in [1.82, 2.24) is 10.3 Å². The van der Waals surface area contributed by atoms with Crippen molar-refractivity contribution in [3.63, 3.8) is 0 Å². The van der Waals surface area contributed by atoms with Crippen LogP contribution in [0.3, 0.4) is 0 Å². The molecule has 1 N–H and O–H groups in total. The highest BCUT2D eigenvalue weighted by molar-refractivity contribution is 7.14. The van der Waals surface area contributed by atoms with Crippen LogP contribution >= 0.6 is 11.3 Å². The lowest BCUT2D eigenvalue weighted by Crippen LogP contribution is -2.36. The van der Waals surface area contributed by atoms with E-state index in [2.05, 4.69) is 17.2 Å². The number of hydrogen-bond donors (Lipinski definition) is 1. The van der Waals surface area contributed by atoms with Gasteiger partial charge in [-0.25, -0.2) is 4.98 Å². The molecule has 1 aliphatic rings. The molecule has 0 spiro atoms. The highest BCUT2D eigenvalue weighted by Crippen LogP contribution is 2.35. The Kier molecular flexibility index (Phi) is 7.15. The van der Waals surface area contributed by atoms with Crippen LogP contribution in [0.5, 0.6) is 0 Å². The fourth-order valence-corrected chi connectivity index (χ4v) is 4.37. The maximum atomic E-state index is 13.0. The molecule has 5 nitrogen and oxygen atoms in total. The second-order valence-electron chi connectivity index (χ2n) is 7.76. The minimum Gasteiger partial charge on any atom is -0.350 e. The second-order valence-corrected chi connectivity index (χ2v) is 8.59. The van der Waals surface area contributed by atoms with Crippen LogP contribution in [0.25, 0.3) is 6.08 Å². The summed E-state index contributed by atoms with van der Waals surface area (Å²) in [6.45, 7) is 3.47. The van der Waals surface area contributed by atoms with E-state index in [1.165, 1.54) is 31.2 Å². The predicted octanol–water partition coefficient (Wildman–Crippen LogP) is 5.55. The summed E-state index contributed by atoms with van der Waals surface area (Å²) in [5, 5.41) is 4.86. The van der Waals surface area contributed by atoms with Crippen molar-refractivity contribution in [3.05, 3.63) is 47.0 Å². The van der Waals surface area contributed by atoms with Crippen molar-refractivity contribution >= 4 is 40.0 Å². The van der Waals surface area contributed by atoms with E-state index in [4.69, 9.17) is 0 Å². The Bertz CT molecular complexity index is 963. The van der Waals surface area contributed by atoms with Gasteiger partial charge in [-0.2, -0.15) is 13.2 Å². The normalized spacial score (nSPS) is 19.4. The monoisotopic (exact) mass is 451 g/mol. The predicted molar refractivity (Wildman–Crippen MR) is 115 cm³/mol. The lowest BCUT2D eigenvalue weighted by molar-refractivity contribution is -0.137. The van der Waals surface area contributed by atoms with Crippen LogP contribution in [0, 0.1) is 5.92 Å². The lowest BCUT2D eigenvalue weighted by Gasteiger charge is -2.26. The van der Waals surface area contributed by atoms with Crippen molar-refractivity contribution in [2.45, 2.75) is 51.7 Å². The molecule has 1 aromatic heterocycles. The Morgan fingerprint density at radius 3 is 2.58 bits per heavy atom. The first-order valence-corrected chi connectivity index (χ1v) is 10.9. The second kappa shape index (κ2) is 9.64. The Morgan fingerprint density at radius 2 is 1.94 bits per heavy atom. The summed E-state index contributed by atoms with van der Waals surface area (Å²) >= 11 is 1.11. The quantitative estimate of drug-likeness (QED) is 0.606. The average molecular weight is 452 g/mol. The van der Waals surface area contributed by atoms with E-state index in [1.807, 2.05) is 0 Å². The van der Waals surface area contributed by atoms with Gasteiger partial charge in [0, 0.05) is 24.4 Å². The van der Waals surface area contributed by atoms with E-state index in [-0.39, 0.29) is 22.8 Å². The van der Waals surface area contributed by atoms with Crippen LogP contribution < -0.4 is 10.2 Å². The van der Waals surface area contributed by atoms with Gasteiger partial charge in [-0.3, -0.25) is 14.5 Å². The molecular weight excluding hydrogens is 427 g/mol. The molecule has 1 heterocycles. The third-order valence-electron chi connectivity index (χ3n) is 5.22. The summed E-state index contributed by atoms with van der Waals surface area (Å²) in [6, 6.07) is 4.71. The minimum atomic E-state index is -4.51. The largest absolute Gasteiger partial charge is 0.416 e. The summed E-state index contributed by atoms with van der Waals surface area (Å²) < 4.78 is 39.1. The van der Waals surface area contributed by atoms with Crippen LogP contribution in [-0.4, -0.2) is 22.8 Å². The molecule has 0 bridgehead atoms. The van der Waals surface area contributed by atoms with Crippen molar-refractivity contribution < 1.29 is 22.8 Å². The molecule has 9 heteroatoms. The van der Waals surface area contributed by atoms with Crippen LogP contribution in [0.4, 0.5) is 24.0 Å². The number of carbonyl (C=O) groups is 2. The molecule has 1 saturated carbocycles. The molecule has 2 aromatic rings. The van der Waals surface area contributed by atoms with E-state index in [1.54, 1.807) is 5.38 Å². The van der Waals surface area contributed by atoms with E-state index in [0.717, 1.165) is 54.1 Å². The standard InChI is InChI=1S/C22H24F3N3O2S/c1-14-6-8-17(9-7-14)26-20(30)11-10-18-13-31-21(27-18)28(15(2)29)19-5-3-4-16(12-19)22(23,24)25/h3-5,10-14,17H,6-9H2,1-2H3,(H,26,30)/b11-10+. The first-order valence-electron chi connectivity index (χ1n) is 10.1. The maximum Gasteiger partial charge on any atom is 0.416 e. The first-order chi connectivity index (χ1) is 14.6. The summed E-state index contributed by atoms with van der Waals surface area (Å²) in [6.07, 6.45) is 2.53. The van der Waals surface area contributed by atoms with Crippen molar-refractivity contribution in [1.29, 1.82) is 0 Å². The molecule has 0 aliphatic heterocycles. The van der Waals surface area contributed by atoms with Gasteiger partial charge in [-0.05, 0) is 55.9 Å². The fraction of sp³-hybridized carbons (Fsp3) is 0.409. The maximum absolute atomic E-state index is 13.0. The van der Waals surface area contributed by atoms with Gasteiger partial charge in [0.15, 0.2) is 5.13 Å². The zero-order valence-electron chi connectivity index (χ0n) is 17.3. The van der Waals surface area contributed by atoms with E-state index < -0.39 is 17.6 Å². The third-order valence-corrected chi connectivity index (χ3v) is 6.06. The molecule has 1 aliphatic carbocycles. The van der Waals surface area contributed by atoms with Gasteiger partial charge < -0.3 is 5.32 Å². The number of rotatable bonds is 5. The smallest absolute Gasteiger partial charge is 0.350 e. The van der Waals surface area contributed by atoms with Crippen molar-refractivity contribution in [2.75, 3.05) is 4.90 Å². The van der Waals surface area contributed by atoms with E-state index in [0.29, 0.717) is 11.6 Å². The molecule has 2 amide bonds. The topological polar surface area (TPSA) is 62.3 Å². The van der Waals surface area contributed by atoms with Gasteiger partial charge in [0.05, 0.1) is 16.9 Å². The van der Waals surface area contributed by atoms with Gasteiger partial charge in [0.2, 0.25) is 11.8 Å². The lowest BCUT2D eigenvalue weighted by atomic mass is 9.87. The van der Waals surface area contributed by atoms with Gasteiger partial charge in [-0.15, -0.1) is 11.3 Å². The zero-order valence-corrected chi connectivity index (χ0v) is 18.1. The van der Waals surface area contributed by atoms with E-state index >= 15 is 0 Å². The molecule has 166 valence electrons. The number of carbonyl (C=O) groups excluding carboxylic acids is 2.